The fourth-order valence-electron chi connectivity index (χ4n) is 8.41. The van der Waals surface area contributed by atoms with Gasteiger partial charge in [0.25, 0.3) is 12.4 Å². The van der Waals surface area contributed by atoms with E-state index >= 15 is 4.39 Å². The number of fused-ring (bicyclic) bond motifs is 1. The normalized spacial score (nSPS) is 40.0. The summed E-state index contributed by atoms with van der Waals surface area (Å²) in [6.07, 6.45) is 11.5. The number of hydrogen-bond donors (Lipinski definition) is 0. The molecule has 6 saturated carbocycles. The highest BCUT2D eigenvalue weighted by Gasteiger charge is 2.66. The Morgan fingerprint density at radius 2 is 1.76 bits per heavy atom. The van der Waals surface area contributed by atoms with Crippen LogP contribution >= 0.6 is 0 Å². The van der Waals surface area contributed by atoms with Crippen molar-refractivity contribution in [1.82, 2.24) is 4.90 Å². The van der Waals surface area contributed by atoms with Crippen LogP contribution < -0.4 is 4.74 Å². The van der Waals surface area contributed by atoms with E-state index in [4.69, 9.17) is 9.47 Å². The van der Waals surface area contributed by atoms with E-state index in [1.54, 1.807) is 11.0 Å². The van der Waals surface area contributed by atoms with Crippen molar-refractivity contribution in [2.45, 2.75) is 75.9 Å². The predicted octanol–water partition coefficient (Wildman–Crippen LogP) is 5.03. The maximum absolute atomic E-state index is 15.3. The number of benzene rings is 1. The topological polar surface area (TPSA) is 55.8 Å². The molecule has 8 rings (SSSR count). The van der Waals surface area contributed by atoms with E-state index < -0.39 is 11.5 Å². The lowest BCUT2D eigenvalue weighted by molar-refractivity contribution is -0.143. The van der Waals surface area contributed by atoms with Crippen LogP contribution in [0.25, 0.3) is 0 Å². The van der Waals surface area contributed by atoms with E-state index in [9.17, 15) is 9.59 Å². The van der Waals surface area contributed by atoms with Gasteiger partial charge in [-0.1, -0.05) is 0 Å². The van der Waals surface area contributed by atoms with Crippen LogP contribution in [0.3, 0.4) is 0 Å². The zero-order valence-electron chi connectivity index (χ0n) is 19.1. The highest BCUT2D eigenvalue weighted by molar-refractivity contribution is 5.96. The highest BCUT2D eigenvalue weighted by atomic mass is 19.1. The van der Waals surface area contributed by atoms with Crippen molar-refractivity contribution in [3.05, 3.63) is 29.1 Å². The Hall–Kier alpha value is -2.11. The summed E-state index contributed by atoms with van der Waals surface area (Å²) in [5.41, 5.74) is 0.468. The van der Waals surface area contributed by atoms with Gasteiger partial charge < -0.3 is 9.47 Å². The van der Waals surface area contributed by atoms with Gasteiger partial charge in [0.05, 0.1) is 12.2 Å². The minimum Gasteiger partial charge on any atom is -0.493 e. The number of piperidine rings is 1. The number of ether oxygens (including phenoxy) is 2. The van der Waals surface area contributed by atoms with Gasteiger partial charge in [-0.2, -0.15) is 0 Å². The first-order valence-corrected chi connectivity index (χ1v) is 12.9. The lowest BCUT2D eigenvalue weighted by Gasteiger charge is -2.56. The van der Waals surface area contributed by atoms with Gasteiger partial charge in [0.2, 0.25) is 0 Å². The van der Waals surface area contributed by atoms with E-state index in [1.165, 1.54) is 44.6 Å². The van der Waals surface area contributed by atoms with Crippen LogP contribution in [0.1, 0.15) is 86.0 Å². The van der Waals surface area contributed by atoms with Crippen molar-refractivity contribution in [2.24, 2.45) is 29.1 Å². The van der Waals surface area contributed by atoms with Gasteiger partial charge in [-0.15, -0.1) is 0 Å². The van der Waals surface area contributed by atoms with Crippen LogP contribution in [0.5, 0.6) is 5.75 Å². The number of likely N-dealkylation sites (tertiary alicyclic amines) is 1. The second kappa shape index (κ2) is 6.96. The van der Waals surface area contributed by atoms with Crippen LogP contribution in [0.15, 0.2) is 12.1 Å². The van der Waals surface area contributed by atoms with Crippen molar-refractivity contribution >= 4 is 12.4 Å². The molecule has 1 aliphatic heterocycles. The second-order valence-electron chi connectivity index (χ2n) is 12.1. The molecule has 0 spiro atoms. The van der Waals surface area contributed by atoms with E-state index in [2.05, 4.69) is 0 Å². The molecule has 0 radical (unpaired) electrons. The Morgan fingerprint density at radius 3 is 2.36 bits per heavy atom. The third kappa shape index (κ3) is 3.15. The van der Waals surface area contributed by atoms with Crippen molar-refractivity contribution in [2.75, 3.05) is 13.2 Å². The number of halogens is 1. The molecule has 5 nitrogen and oxygen atoms in total. The molecule has 2 unspecified atom stereocenters. The van der Waals surface area contributed by atoms with Crippen LogP contribution in [0.2, 0.25) is 0 Å². The Bertz CT molecular complexity index is 984. The van der Waals surface area contributed by atoms with Gasteiger partial charge in [-0.05, 0) is 93.1 Å². The summed E-state index contributed by atoms with van der Waals surface area (Å²) in [6, 6.07) is 3.18. The van der Waals surface area contributed by atoms with Gasteiger partial charge in [0.1, 0.15) is 11.6 Å². The summed E-state index contributed by atoms with van der Waals surface area (Å²) in [7, 11) is 0. The Labute approximate surface area is 194 Å². The maximum atomic E-state index is 15.3. The average molecular weight is 454 g/mol. The number of hydrogen-bond acceptors (Lipinski definition) is 4. The molecule has 2 atom stereocenters. The lowest BCUT2D eigenvalue weighted by atomic mass is 9.50. The van der Waals surface area contributed by atoms with Gasteiger partial charge >= 0.3 is 0 Å². The first kappa shape index (κ1) is 20.3. The van der Waals surface area contributed by atoms with Gasteiger partial charge in [-0.25, -0.2) is 4.39 Å². The van der Waals surface area contributed by atoms with E-state index in [0.29, 0.717) is 37.7 Å². The summed E-state index contributed by atoms with van der Waals surface area (Å²) in [5, 5.41) is 0. The average Bonchev–Trinajstić information content (AvgIpc) is 3.69. The lowest BCUT2D eigenvalue weighted by Crippen LogP contribution is -2.48. The summed E-state index contributed by atoms with van der Waals surface area (Å²) < 4.78 is 27.0. The minimum absolute atomic E-state index is 0.0838. The number of carbonyl (C=O) groups is 2. The fraction of sp³-hybridized carbons (Fsp3) is 0.704. The smallest absolute Gasteiger partial charge is 0.295 e. The third-order valence-electron chi connectivity index (χ3n) is 9.72. The fourth-order valence-corrected chi connectivity index (χ4v) is 8.41. The quantitative estimate of drug-likeness (QED) is 0.543. The number of amides is 1. The Morgan fingerprint density at radius 1 is 1.06 bits per heavy atom. The molecule has 1 aromatic carbocycles. The standard InChI is InChI=1S/C27H32FNO4/c28-23-9-24(32-14-26-10-16-5-17(11-26)7-18(6-16)12-26)21(19-1-2-19)8-22(23)25(31)29-4-3-20-13-27(20,29)33-15-30/h8-9,15-20H,1-7,10-14H2. The molecule has 176 valence electrons. The minimum atomic E-state index is -0.849. The summed E-state index contributed by atoms with van der Waals surface area (Å²) in [4.78, 5) is 25.9. The van der Waals surface area contributed by atoms with Crippen molar-refractivity contribution in [1.29, 1.82) is 0 Å². The van der Waals surface area contributed by atoms with Crippen molar-refractivity contribution < 1.29 is 23.5 Å². The molecular weight excluding hydrogens is 421 g/mol. The first-order valence-electron chi connectivity index (χ1n) is 12.9. The molecule has 1 aromatic rings. The first-order chi connectivity index (χ1) is 16.0. The predicted molar refractivity (Wildman–Crippen MR) is 118 cm³/mol. The SMILES string of the molecule is O=COC12CC1CCN2C(=O)c1cc(C2CC2)c(OCC23CC4CC(CC(C4)C2)C3)cc1F. The monoisotopic (exact) mass is 453 g/mol. The molecule has 1 saturated heterocycles. The van der Waals surface area contributed by atoms with Crippen molar-refractivity contribution in [3.8, 4) is 5.75 Å². The maximum Gasteiger partial charge on any atom is 0.295 e. The summed E-state index contributed by atoms with van der Waals surface area (Å²) >= 11 is 0. The molecule has 0 aromatic heterocycles. The van der Waals surface area contributed by atoms with Crippen LogP contribution in [0, 0.1) is 34.9 Å². The second-order valence-corrected chi connectivity index (χ2v) is 12.1. The molecular formula is C27H32FNO4. The van der Waals surface area contributed by atoms with Gasteiger partial charge in [0, 0.05) is 30.4 Å². The largest absolute Gasteiger partial charge is 0.493 e. The van der Waals surface area contributed by atoms with Crippen molar-refractivity contribution in [3.63, 3.8) is 0 Å². The number of rotatable bonds is 7. The highest BCUT2D eigenvalue weighted by Crippen LogP contribution is 2.60. The van der Waals surface area contributed by atoms with Crippen LogP contribution in [-0.4, -0.2) is 36.2 Å². The number of carbonyl (C=O) groups excluding carboxylic acids is 2. The number of nitrogens with zero attached hydrogens (tertiary/aromatic N) is 1. The molecule has 1 heterocycles. The van der Waals surface area contributed by atoms with Crippen LogP contribution in [0.4, 0.5) is 4.39 Å². The van der Waals surface area contributed by atoms with Gasteiger partial charge in [-0.3, -0.25) is 14.5 Å². The molecule has 4 bridgehead atoms. The molecule has 6 aliphatic carbocycles. The molecule has 7 aliphatic rings. The Kier molecular flexibility index (Phi) is 4.27. The summed E-state index contributed by atoms with van der Waals surface area (Å²) in [6.45, 7) is 1.59. The molecule has 1 amide bonds. The molecule has 7 fully saturated rings. The van der Waals surface area contributed by atoms with E-state index in [0.717, 1.165) is 42.6 Å². The van der Waals surface area contributed by atoms with Crippen LogP contribution in [-0.2, 0) is 9.53 Å². The Balaban J connectivity index is 1.14. The zero-order chi connectivity index (χ0) is 22.4. The zero-order valence-corrected chi connectivity index (χ0v) is 19.1. The van der Waals surface area contributed by atoms with Gasteiger partial charge in [0.15, 0.2) is 5.72 Å². The summed E-state index contributed by atoms with van der Waals surface area (Å²) in [5.74, 6) is 2.81. The molecule has 0 N–H and O–H groups in total. The molecule has 6 heteroatoms. The third-order valence-corrected chi connectivity index (χ3v) is 9.72. The van der Waals surface area contributed by atoms with E-state index in [1.807, 2.05) is 0 Å². The van der Waals surface area contributed by atoms with E-state index in [-0.39, 0.29) is 22.8 Å². The molecule has 33 heavy (non-hydrogen) atoms.